The van der Waals surface area contributed by atoms with Gasteiger partial charge in [0.15, 0.2) is 5.17 Å². The lowest BCUT2D eigenvalue weighted by molar-refractivity contribution is 0.484. The molecule has 0 bridgehead atoms. The second kappa shape index (κ2) is 10.6. The van der Waals surface area contributed by atoms with E-state index in [4.69, 9.17) is 16.7 Å². The average Bonchev–Trinajstić information content (AvgIpc) is 3.30. The van der Waals surface area contributed by atoms with E-state index in [1.807, 2.05) is 48.5 Å². The minimum absolute atomic E-state index is 0.0427. The third-order valence-corrected chi connectivity index (χ3v) is 7.93. The fourth-order valence-electron chi connectivity index (χ4n) is 3.86. The lowest BCUT2D eigenvalue weighted by Crippen LogP contribution is -2.32. The molecule has 0 fully saturated rings. The summed E-state index contributed by atoms with van der Waals surface area (Å²) in [5.41, 5.74) is 3.45. The number of rotatable bonds is 6. The molecule has 0 N–H and O–H groups in total. The molecule has 9 heteroatoms. The number of thioether (sulfide) groups is 1. The van der Waals surface area contributed by atoms with Crippen molar-refractivity contribution in [3.63, 3.8) is 0 Å². The number of amidine groups is 1. The van der Waals surface area contributed by atoms with Crippen LogP contribution in [-0.2, 0) is 10.2 Å². The van der Waals surface area contributed by atoms with E-state index in [2.05, 4.69) is 16.5 Å². The van der Waals surface area contributed by atoms with Crippen LogP contribution in [0.15, 0.2) is 94.4 Å². The van der Waals surface area contributed by atoms with Crippen LogP contribution in [0.25, 0.3) is 0 Å². The molecule has 0 aliphatic carbocycles. The molecule has 1 unspecified atom stereocenters. The molecule has 176 valence electrons. The number of anilines is 1. The first-order chi connectivity index (χ1) is 16.4. The maximum Gasteiger partial charge on any atom is 0.347 e. The number of hydrogen-bond donors (Lipinski definition) is 0. The van der Waals surface area contributed by atoms with Crippen molar-refractivity contribution >= 4 is 50.1 Å². The highest BCUT2D eigenvalue weighted by molar-refractivity contribution is 8.13. The highest BCUT2D eigenvalue weighted by Crippen LogP contribution is 2.31. The van der Waals surface area contributed by atoms with Crippen LogP contribution in [0.4, 0.5) is 5.69 Å². The first kappa shape index (κ1) is 24.3. The van der Waals surface area contributed by atoms with Crippen LogP contribution in [0.1, 0.15) is 24.0 Å². The standard InChI is InChI=1S/C25H25ClN4O2S2/c1-3-30(22-12-8-5-9-13-22)34(31,32)28-25(33-2)29-18-23(19-10-6-4-7-11-19)24(27-29)20-14-16-21(26)17-15-20/h4-17,23H,3,18H2,1-2H3. The van der Waals surface area contributed by atoms with Gasteiger partial charge in [-0.25, -0.2) is 5.01 Å². The molecular formula is C25H25ClN4O2S2. The van der Waals surface area contributed by atoms with Crippen molar-refractivity contribution in [2.45, 2.75) is 12.8 Å². The summed E-state index contributed by atoms with van der Waals surface area (Å²) in [6, 6.07) is 26.6. The van der Waals surface area contributed by atoms with Gasteiger partial charge < -0.3 is 0 Å². The minimum atomic E-state index is -3.97. The Balaban J connectivity index is 1.72. The Kier molecular flexibility index (Phi) is 7.60. The van der Waals surface area contributed by atoms with Crippen LogP contribution in [0.2, 0.25) is 5.02 Å². The van der Waals surface area contributed by atoms with Crippen LogP contribution in [-0.4, -0.2) is 43.7 Å². The summed E-state index contributed by atoms with van der Waals surface area (Å²) in [5.74, 6) is -0.0427. The number of para-hydroxylation sites is 1. The zero-order chi connectivity index (χ0) is 24.1. The van der Waals surface area contributed by atoms with E-state index in [1.165, 1.54) is 16.1 Å². The molecule has 1 atom stereocenters. The molecule has 0 aromatic heterocycles. The van der Waals surface area contributed by atoms with E-state index in [0.717, 1.165) is 16.8 Å². The van der Waals surface area contributed by atoms with E-state index in [1.54, 1.807) is 42.5 Å². The number of hydrogen-bond acceptors (Lipinski definition) is 4. The number of halogens is 1. The summed E-state index contributed by atoms with van der Waals surface area (Å²) in [6.07, 6.45) is 1.81. The third kappa shape index (κ3) is 5.29. The fourth-order valence-corrected chi connectivity index (χ4v) is 6.00. The molecule has 0 radical (unpaired) electrons. The van der Waals surface area contributed by atoms with Crippen molar-refractivity contribution in [3.05, 3.63) is 101 Å². The van der Waals surface area contributed by atoms with Crippen LogP contribution in [0.5, 0.6) is 0 Å². The van der Waals surface area contributed by atoms with Gasteiger partial charge in [0.25, 0.3) is 0 Å². The van der Waals surface area contributed by atoms with Gasteiger partial charge in [0, 0.05) is 17.5 Å². The quantitative estimate of drug-likeness (QED) is 0.317. The van der Waals surface area contributed by atoms with E-state index in [9.17, 15) is 8.42 Å². The van der Waals surface area contributed by atoms with Gasteiger partial charge in [0.2, 0.25) is 0 Å². The van der Waals surface area contributed by atoms with Crippen LogP contribution in [0.3, 0.4) is 0 Å². The predicted octanol–water partition coefficient (Wildman–Crippen LogP) is 5.63. The number of nitrogens with zero attached hydrogens (tertiary/aromatic N) is 4. The Labute approximate surface area is 210 Å². The van der Waals surface area contributed by atoms with Crippen molar-refractivity contribution in [2.24, 2.45) is 9.50 Å². The van der Waals surface area contributed by atoms with E-state index in [-0.39, 0.29) is 12.5 Å². The van der Waals surface area contributed by atoms with E-state index >= 15 is 0 Å². The molecule has 4 rings (SSSR count). The molecule has 1 aliphatic rings. The second-order valence-electron chi connectivity index (χ2n) is 7.59. The monoisotopic (exact) mass is 512 g/mol. The smallest absolute Gasteiger partial charge is 0.252 e. The topological polar surface area (TPSA) is 65.3 Å². The highest BCUT2D eigenvalue weighted by atomic mass is 35.5. The maximum atomic E-state index is 13.3. The Bertz CT molecular complexity index is 1280. The van der Waals surface area contributed by atoms with Gasteiger partial charge in [0.1, 0.15) is 0 Å². The lowest BCUT2D eigenvalue weighted by atomic mass is 9.91. The molecule has 3 aromatic rings. The highest BCUT2D eigenvalue weighted by Gasteiger charge is 2.32. The van der Waals surface area contributed by atoms with Crippen molar-refractivity contribution in [2.75, 3.05) is 23.7 Å². The second-order valence-corrected chi connectivity index (χ2v) is 10.3. The van der Waals surface area contributed by atoms with Crippen LogP contribution < -0.4 is 4.31 Å². The Morgan fingerprint density at radius 3 is 2.26 bits per heavy atom. The zero-order valence-electron chi connectivity index (χ0n) is 18.9. The van der Waals surface area contributed by atoms with E-state index < -0.39 is 10.2 Å². The summed E-state index contributed by atoms with van der Waals surface area (Å²) in [6.45, 7) is 2.54. The zero-order valence-corrected chi connectivity index (χ0v) is 21.3. The molecule has 0 saturated carbocycles. The molecule has 0 saturated heterocycles. The first-order valence-electron chi connectivity index (χ1n) is 10.8. The first-order valence-corrected chi connectivity index (χ1v) is 13.8. The van der Waals surface area contributed by atoms with Crippen molar-refractivity contribution in [3.8, 4) is 0 Å². The molecule has 0 spiro atoms. The van der Waals surface area contributed by atoms with Crippen LogP contribution in [0, 0.1) is 0 Å². The molecule has 0 amide bonds. The maximum absolute atomic E-state index is 13.3. The van der Waals surface area contributed by atoms with Gasteiger partial charge in [-0.3, -0.25) is 4.31 Å². The number of hydrazone groups is 1. The normalized spacial score (nSPS) is 16.4. The SMILES string of the molecule is CCN(c1ccccc1)S(=O)(=O)N=C(SC)N1CC(c2ccccc2)C(c2ccc(Cl)cc2)=N1. The molecule has 34 heavy (non-hydrogen) atoms. The van der Waals surface area contributed by atoms with Gasteiger partial charge in [-0.2, -0.15) is 13.5 Å². The van der Waals surface area contributed by atoms with Gasteiger partial charge in [-0.05, 0) is 48.6 Å². The molecule has 1 heterocycles. The minimum Gasteiger partial charge on any atom is -0.252 e. The summed E-state index contributed by atoms with van der Waals surface area (Å²) in [4.78, 5) is 0. The third-order valence-electron chi connectivity index (χ3n) is 5.46. The average molecular weight is 513 g/mol. The Morgan fingerprint density at radius 1 is 1.06 bits per heavy atom. The van der Waals surface area contributed by atoms with Gasteiger partial charge in [-0.15, -0.1) is 4.40 Å². The summed E-state index contributed by atoms with van der Waals surface area (Å²) in [5, 5.41) is 7.48. The predicted molar refractivity (Wildman–Crippen MR) is 143 cm³/mol. The van der Waals surface area contributed by atoms with Gasteiger partial charge in [0.05, 0.1) is 17.9 Å². The Morgan fingerprint density at radius 2 is 1.68 bits per heavy atom. The fraction of sp³-hybridized carbons (Fsp3) is 0.200. The van der Waals surface area contributed by atoms with Crippen molar-refractivity contribution < 1.29 is 8.42 Å². The van der Waals surface area contributed by atoms with Gasteiger partial charge in [-0.1, -0.05) is 84.0 Å². The van der Waals surface area contributed by atoms with Crippen molar-refractivity contribution in [1.29, 1.82) is 0 Å². The van der Waals surface area contributed by atoms with Crippen molar-refractivity contribution in [1.82, 2.24) is 5.01 Å². The molecule has 1 aliphatic heterocycles. The van der Waals surface area contributed by atoms with Gasteiger partial charge >= 0.3 is 10.2 Å². The summed E-state index contributed by atoms with van der Waals surface area (Å²) in [7, 11) is -3.97. The number of benzene rings is 3. The molecule has 3 aromatic carbocycles. The Hall–Kier alpha value is -2.81. The molecule has 6 nitrogen and oxygen atoms in total. The van der Waals surface area contributed by atoms with Crippen LogP contribution >= 0.6 is 23.4 Å². The summed E-state index contributed by atoms with van der Waals surface area (Å²) >= 11 is 7.35. The molecular weight excluding hydrogens is 488 g/mol. The largest absolute Gasteiger partial charge is 0.347 e. The summed E-state index contributed by atoms with van der Waals surface area (Å²) < 4.78 is 32.0. The lowest BCUT2D eigenvalue weighted by Gasteiger charge is -2.22. The van der Waals surface area contributed by atoms with E-state index in [0.29, 0.717) is 22.4 Å².